The fraction of sp³-hybridized carbons (Fsp3) is 0.889. The van der Waals surface area contributed by atoms with Gasteiger partial charge in [-0.3, -0.25) is 0 Å². The Morgan fingerprint density at radius 3 is 2.81 bits per heavy atom. The van der Waals surface area contributed by atoms with Gasteiger partial charge in [0.05, 0.1) is 6.04 Å². The quantitative estimate of drug-likeness (QED) is 0.726. The zero-order valence-corrected chi connectivity index (χ0v) is 8.93. The van der Waals surface area contributed by atoms with Gasteiger partial charge in [0.25, 0.3) is 0 Å². The third-order valence-corrected chi connectivity index (χ3v) is 3.43. The molecule has 0 spiro atoms. The maximum Gasteiger partial charge on any atom is 0.192 e. The van der Waals surface area contributed by atoms with Crippen molar-refractivity contribution < 1.29 is 4.39 Å². The van der Waals surface area contributed by atoms with Gasteiger partial charge in [0.1, 0.15) is 0 Å². The van der Waals surface area contributed by atoms with Gasteiger partial charge in [-0.25, -0.2) is 14.8 Å². The monoisotopic (exact) mass is 226 g/mol. The van der Waals surface area contributed by atoms with Crippen LogP contribution in [0.3, 0.4) is 0 Å². The Kier molecular flexibility index (Phi) is 2.56. The van der Waals surface area contributed by atoms with Crippen molar-refractivity contribution in [3.63, 3.8) is 0 Å². The standard InChI is InChI=1S/C9H15FN6/c10-8-5-7(9-11-14-15-12-9)13-16(8)6-3-1-2-4-6/h6-8,13H,1-5H2,(H,11,12,14,15). The molecule has 7 heteroatoms. The highest BCUT2D eigenvalue weighted by atomic mass is 19.1. The summed E-state index contributed by atoms with van der Waals surface area (Å²) in [6.07, 6.45) is 4.01. The van der Waals surface area contributed by atoms with Crippen molar-refractivity contribution in [1.29, 1.82) is 0 Å². The van der Waals surface area contributed by atoms with Crippen LogP contribution in [-0.2, 0) is 0 Å². The van der Waals surface area contributed by atoms with Crippen LogP contribution >= 0.6 is 0 Å². The normalized spacial score (nSPS) is 32.6. The van der Waals surface area contributed by atoms with Crippen LogP contribution in [0.2, 0.25) is 0 Å². The third kappa shape index (κ3) is 1.69. The van der Waals surface area contributed by atoms with Crippen LogP contribution in [0.4, 0.5) is 4.39 Å². The van der Waals surface area contributed by atoms with E-state index in [1.54, 1.807) is 5.01 Å². The molecule has 2 atom stereocenters. The predicted octanol–water partition coefficient (Wildman–Crippen LogP) is 0.689. The van der Waals surface area contributed by atoms with Gasteiger partial charge in [-0.15, -0.1) is 10.2 Å². The maximum absolute atomic E-state index is 13.9. The van der Waals surface area contributed by atoms with Gasteiger partial charge in [0.15, 0.2) is 12.1 Å². The molecule has 2 fully saturated rings. The molecule has 2 heterocycles. The lowest BCUT2D eigenvalue weighted by molar-refractivity contribution is 0.0413. The highest BCUT2D eigenvalue weighted by Gasteiger charge is 2.39. The molecule has 2 unspecified atom stereocenters. The summed E-state index contributed by atoms with van der Waals surface area (Å²) < 4.78 is 13.9. The molecule has 0 radical (unpaired) electrons. The van der Waals surface area contributed by atoms with Gasteiger partial charge in [0, 0.05) is 12.5 Å². The summed E-state index contributed by atoms with van der Waals surface area (Å²) in [4.78, 5) is 0. The Labute approximate surface area is 92.6 Å². The van der Waals surface area contributed by atoms with Crippen molar-refractivity contribution >= 4 is 0 Å². The predicted molar refractivity (Wildman–Crippen MR) is 53.7 cm³/mol. The summed E-state index contributed by atoms with van der Waals surface area (Å²) in [5.74, 6) is 0.545. The van der Waals surface area contributed by atoms with E-state index in [0.717, 1.165) is 12.8 Å². The smallest absolute Gasteiger partial charge is 0.192 e. The first-order valence-electron chi connectivity index (χ1n) is 5.76. The maximum atomic E-state index is 13.9. The fourth-order valence-corrected chi connectivity index (χ4v) is 2.62. The number of hydrogen-bond acceptors (Lipinski definition) is 5. The topological polar surface area (TPSA) is 69.7 Å². The summed E-state index contributed by atoms with van der Waals surface area (Å²) in [6, 6.07) is 0.182. The number of hydrogen-bond donors (Lipinski definition) is 2. The zero-order valence-electron chi connectivity index (χ0n) is 8.93. The van der Waals surface area contributed by atoms with Gasteiger partial charge in [0.2, 0.25) is 0 Å². The Bertz CT molecular complexity index is 336. The molecule has 2 N–H and O–H groups in total. The number of nitrogens with one attached hydrogen (secondary N) is 2. The Morgan fingerprint density at radius 2 is 2.12 bits per heavy atom. The molecule has 0 bridgehead atoms. The fourth-order valence-electron chi connectivity index (χ4n) is 2.62. The molecule has 88 valence electrons. The average molecular weight is 226 g/mol. The summed E-state index contributed by atoms with van der Waals surface area (Å²) in [6.45, 7) is 0. The van der Waals surface area contributed by atoms with E-state index < -0.39 is 6.30 Å². The van der Waals surface area contributed by atoms with Crippen molar-refractivity contribution in [3.8, 4) is 0 Å². The molecule has 0 aromatic carbocycles. The van der Waals surface area contributed by atoms with E-state index in [4.69, 9.17) is 0 Å². The molecule has 6 nitrogen and oxygen atoms in total. The van der Waals surface area contributed by atoms with E-state index >= 15 is 0 Å². The van der Waals surface area contributed by atoms with Crippen molar-refractivity contribution in [1.82, 2.24) is 31.1 Å². The van der Waals surface area contributed by atoms with E-state index in [1.165, 1.54) is 12.8 Å². The second kappa shape index (κ2) is 4.06. The lowest BCUT2D eigenvalue weighted by Crippen LogP contribution is -2.43. The minimum Gasteiger partial charge on any atom is -0.241 e. The first-order chi connectivity index (χ1) is 7.84. The van der Waals surface area contributed by atoms with Crippen LogP contribution in [0.1, 0.15) is 44.0 Å². The lowest BCUT2D eigenvalue weighted by atomic mass is 10.2. The number of aromatic amines is 1. The van der Waals surface area contributed by atoms with Gasteiger partial charge in [-0.2, -0.15) is 5.21 Å². The first-order valence-corrected chi connectivity index (χ1v) is 5.76. The number of halogens is 1. The van der Waals surface area contributed by atoms with E-state index in [1.807, 2.05) is 0 Å². The minimum atomic E-state index is -0.938. The second-order valence-electron chi connectivity index (χ2n) is 4.47. The number of rotatable bonds is 2. The number of hydrazine groups is 1. The van der Waals surface area contributed by atoms with Crippen LogP contribution in [0.5, 0.6) is 0 Å². The van der Waals surface area contributed by atoms with Crippen LogP contribution in [0.15, 0.2) is 0 Å². The van der Waals surface area contributed by atoms with Crippen LogP contribution < -0.4 is 5.43 Å². The highest BCUT2D eigenvalue weighted by Crippen LogP contribution is 2.32. The molecule has 0 amide bonds. The molecule has 1 saturated heterocycles. The summed E-state index contributed by atoms with van der Waals surface area (Å²) in [5, 5.41) is 15.4. The number of aromatic nitrogens is 4. The van der Waals surface area contributed by atoms with Crippen LogP contribution in [0.25, 0.3) is 0 Å². The highest BCUT2D eigenvalue weighted by molar-refractivity contribution is 4.95. The summed E-state index contributed by atoms with van der Waals surface area (Å²) >= 11 is 0. The Hall–Kier alpha value is -1.08. The summed E-state index contributed by atoms with van der Waals surface area (Å²) in [5.41, 5.74) is 3.16. The van der Waals surface area contributed by atoms with E-state index in [-0.39, 0.29) is 6.04 Å². The van der Waals surface area contributed by atoms with E-state index in [9.17, 15) is 4.39 Å². The van der Waals surface area contributed by atoms with Gasteiger partial charge >= 0.3 is 0 Å². The SMILES string of the molecule is FC1CC(c2nn[nH]n2)NN1C1CCCC1. The van der Waals surface area contributed by atoms with Crippen molar-refractivity contribution in [2.75, 3.05) is 0 Å². The average Bonchev–Trinajstić information content (AvgIpc) is 2.97. The Balaban J connectivity index is 1.69. The molecule has 1 saturated carbocycles. The zero-order chi connectivity index (χ0) is 11.0. The van der Waals surface area contributed by atoms with Crippen LogP contribution in [0, 0.1) is 0 Å². The van der Waals surface area contributed by atoms with Gasteiger partial charge in [-0.1, -0.05) is 18.1 Å². The number of nitrogens with zero attached hydrogens (tertiary/aromatic N) is 4. The molecule has 1 aromatic heterocycles. The van der Waals surface area contributed by atoms with Gasteiger partial charge in [-0.05, 0) is 12.8 Å². The molecular formula is C9H15FN6. The Morgan fingerprint density at radius 1 is 1.31 bits per heavy atom. The molecule has 2 aliphatic rings. The number of tetrazole rings is 1. The summed E-state index contributed by atoms with van der Waals surface area (Å²) in [7, 11) is 0. The molecule has 16 heavy (non-hydrogen) atoms. The lowest BCUT2D eigenvalue weighted by Gasteiger charge is -2.25. The van der Waals surface area contributed by atoms with Crippen LogP contribution in [-0.4, -0.2) is 38.0 Å². The largest absolute Gasteiger partial charge is 0.241 e. The molecule has 1 aromatic rings. The molecule has 1 aliphatic carbocycles. The van der Waals surface area contributed by atoms with E-state index in [2.05, 4.69) is 26.0 Å². The van der Waals surface area contributed by atoms with Crippen molar-refractivity contribution in [3.05, 3.63) is 5.82 Å². The molecule has 1 aliphatic heterocycles. The first kappa shape index (κ1) is 10.1. The minimum absolute atomic E-state index is 0.144. The van der Waals surface area contributed by atoms with Gasteiger partial charge < -0.3 is 0 Å². The number of alkyl halides is 1. The second-order valence-corrected chi connectivity index (χ2v) is 4.47. The molecular weight excluding hydrogens is 211 g/mol. The van der Waals surface area contributed by atoms with Crippen molar-refractivity contribution in [2.45, 2.75) is 50.5 Å². The molecule has 3 rings (SSSR count). The van der Waals surface area contributed by atoms with Crippen molar-refractivity contribution in [2.24, 2.45) is 0 Å². The van der Waals surface area contributed by atoms with E-state index in [0.29, 0.717) is 18.3 Å². The third-order valence-electron chi connectivity index (χ3n) is 3.43. The number of H-pyrrole nitrogens is 1.